The number of benzene rings is 1. The van der Waals surface area contributed by atoms with E-state index in [1.165, 1.54) is 11.1 Å². The summed E-state index contributed by atoms with van der Waals surface area (Å²) in [6, 6.07) is 12.3. The van der Waals surface area contributed by atoms with Crippen LogP contribution in [0.25, 0.3) is 0 Å². The van der Waals surface area contributed by atoms with Gasteiger partial charge in [0, 0.05) is 43.0 Å². The number of nitrogens with zero attached hydrogens (tertiary/aromatic N) is 1. The molecule has 1 aliphatic heterocycles. The molecule has 0 bridgehead atoms. The smallest absolute Gasteiger partial charge is 0.268 e. The Balaban J connectivity index is 1.43. The molecule has 5 nitrogen and oxygen atoms in total. The molecule has 3 heterocycles. The molecule has 0 spiro atoms. The second kappa shape index (κ2) is 8.20. The lowest BCUT2D eigenvalue weighted by atomic mass is 10.2. The van der Waals surface area contributed by atoms with Crippen LogP contribution >= 0.6 is 11.3 Å². The SMILES string of the molecule is Cc1cc(C)c(C(=O)NCCN2Cc3ccccc3O[C@@H](c3ccsc3)C2)[nH]1. The Morgan fingerprint density at radius 2 is 2.18 bits per heavy atom. The number of aryl methyl sites for hydroxylation is 2. The van der Waals surface area contributed by atoms with Crippen molar-refractivity contribution >= 4 is 17.2 Å². The fourth-order valence-corrected chi connectivity index (χ4v) is 4.36. The van der Waals surface area contributed by atoms with E-state index in [0.717, 1.165) is 36.6 Å². The van der Waals surface area contributed by atoms with Crippen molar-refractivity contribution in [2.24, 2.45) is 0 Å². The van der Waals surface area contributed by atoms with Gasteiger partial charge < -0.3 is 15.0 Å². The first-order valence-electron chi connectivity index (χ1n) is 9.53. The van der Waals surface area contributed by atoms with Crippen molar-refractivity contribution in [1.29, 1.82) is 0 Å². The third kappa shape index (κ3) is 4.13. The summed E-state index contributed by atoms with van der Waals surface area (Å²) >= 11 is 1.69. The van der Waals surface area contributed by atoms with Gasteiger partial charge in [-0.2, -0.15) is 11.3 Å². The molecule has 6 heteroatoms. The fraction of sp³-hybridized carbons (Fsp3) is 0.318. The van der Waals surface area contributed by atoms with Crippen molar-refractivity contribution < 1.29 is 9.53 Å². The largest absolute Gasteiger partial charge is 0.484 e. The molecule has 1 atom stereocenters. The number of aromatic nitrogens is 1. The zero-order valence-corrected chi connectivity index (χ0v) is 17.0. The summed E-state index contributed by atoms with van der Waals surface area (Å²) in [6.07, 6.45) is -0.00102. The Bertz CT molecular complexity index is 949. The first kappa shape index (κ1) is 18.8. The first-order valence-corrected chi connectivity index (χ1v) is 10.5. The number of nitrogens with one attached hydrogen (secondary N) is 2. The summed E-state index contributed by atoms with van der Waals surface area (Å²) in [5.74, 6) is 0.897. The number of H-pyrrole nitrogens is 1. The van der Waals surface area contributed by atoms with Crippen molar-refractivity contribution in [2.45, 2.75) is 26.5 Å². The monoisotopic (exact) mass is 395 g/mol. The normalized spacial score (nSPS) is 16.9. The molecule has 0 aliphatic carbocycles. The van der Waals surface area contributed by atoms with E-state index in [-0.39, 0.29) is 12.0 Å². The maximum atomic E-state index is 12.5. The van der Waals surface area contributed by atoms with Gasteiger partial charge in [-0.05, 0) is 48.4 Å². The molecule has 0 saturated heterocycles. The number of carbonyl (C=O) groups is 1. The van der Waals surface area contributed by atoms with Gasteiger partial charge >= 0.3 is 0 Å². The summed E-state index contributed by atoms with van der Waals surface area (Å²) in [5, 5.41) is 7.28. The first-order chi connectivity index (χ1) is 13.6. The van der Waals surface area contributed by atoms with E-state index in [4.69, 9.17) is 4.74 Å². The third-order valence-electron chi connectivity index (χ3n) is 5.06. The van der Waals surface area contributed by atoms with Crippen molar-refractivity contribution in [3.05, 3.63) is 75.2 Å². The quantitative estimate of drug-likeness (QED) is 0.685. The second-order valence-corrected chi connectivity index (χ2v) is 8.05. The summed E-state index contributed by atoms with van der Waals surface area (Å²) in [5.41, 5.74) is 5.01. The lowest BCUT2D eigenvalue weighted by molar-refractivity contribution is 0.0938. The van der Waals surface area contributed by atoms with Gasteiger partial charge in [0.1, 0.15) is 17.5 Å². The van der Waals surface area contributed by atoms with Gasteiger partial charge in [-0.3, -0.25) is 9.69 Å². The molecule has 0 radical (unpaired) electrons. The standard InChI is InChI=1S/C22H25N3O2S/c1-15-11-16(2)24-21(15)22(26)23-8-9-25-12-17-5-3-4-6-19(17)27-20(13-25)18-7-10-28-14-18/h3-7,10-11,14,20,24H,8-9,12-13H2,1-2H3,(H,23,26)/t20-/m1/s1. The minimum atomic E-state index is -0.0496. The van der Waals surface area contributed by atoms with Crippen LogP contribution in [0.5, 0.6) is 5.75 Å². The van der Waals surface area contributed by atoms with E-state index < -0.39 is 0 Å². The van der Waals surface area contributed by atoms with Crippen LogP contribution in [0.4, 0.5) is 0 Å². The molecule has 2 aromatic heterocycles. The second-order valence-electron chi connectivity index (χ2n) is 7.27. The lowest BCUT2D eigenvalue weighted by Crippen LogP contribution is -2.36. The van der Waals surface area contributed by atoms with Crippen LogP contribution < -0.4 is 10.1 Å². The number of aromatic amines is 1. The molecular formula is C22H25N3O2S. The molecule has 28 heavy (non-hydrogen) atoms. The Hall–Kier alpha value is -2.57. The Kier molecular flexibility index (Phi) is 5.50. The molecule has 1 amide bonds. The number of hydrogen-bond acceptors (Lipinski definition) is 4. The number of hydrogen-bond donors (Lipinski definition) is 2. The predicted molar refractivity (Wildman–Crippen MR) is 112 cm³/mol. The molecule has 1 aliphatic rings. The van der Waals surface area contributed by atoms with E-state index in [1.807, 2.05) is 38.1 Å². The van der Waals surface area contributed by atoms with E-state index in [1.54, 1.807) is 11.3 Å². The number of ether oxygens (including phenoxy) is 1. The van der Waals surface area contributed by atoms with Crippen molar-refractivity contribution in [1.82, 2.24) is 15.2 Å². The molecule has 0 fully saturated rings. The maximum Gasteiger partial charge on any atom is 0.268 e. The van der Waals surface area contributed by atoms with E-state index in [2.05, 4.69) is 38.1 Å². The molecule has 1 aromatic carbocycles. The van der Waals surface area contributed by atoms with Gasteiger partial charge in [0.25, 0.3) is 5.91 Å². The van der Waals surface area contributed by atoms with Crippen LogP contribution in [0, 0.1) is 13.8 Å². The number of thiophene rings is 1. The minimum Gasteiger partial charge on any atom is -0.484 e. The topological polar surface area (TPSA) is 57.4 Å². The van der Waals surface area contributed by atoms with Crippen molar-refractivity contribution in [3.63, 3.8) is 0 Å². The molecule has 146 valence electrons. The van der Waals surface area contributed by atoms with E-state index in [9.17, 15) is 4.79 Å². The molecule has 2 N–H and O–H groups in total. The lowest BCUT2D eigenvalue weighted by Gasteiger charge is -2.23. The summed E-state index contributed by atoms with van der Waals surface area (Å²) in [6.45, 7) is 6.88. The highest BCUT2D eigenvalue weighted by molar-refractivity contribution is 7.07. The third-order valence-corrected chi connectivity index (χ3v) is 5.77. The molecule has 3 aromatic rings. The van der Waals surface area contributed by atoms with Crippen LogP contribution in [0.15, 0.2) is 47.2 Å². The number of amides is 1. The zero-order chi connectivity index (χ0) is 19.5. The highest BCUT2D eigenvalue weighted by Crippen LogP contribution is 2.31. The van der Waals surface area contributed by atoms with Gasteiger partial charge in [-0.15, -0.1) is 0 Å². The van der Waals surface area contributed by atoms with Gasteiger partial charge in [0.2, 0.25) is 0 Å². The summed E-state index contributed by atoms with van der Waals surface area (Å²) in [7, 11) is 0. The highest BCUT2D eigenvalue weighted by Gasteiger charge is 2.24. The number of para-hydroxylation sites is 1. The van der Waals surface area contributed by atoms with Gasteiger partial charge in [-0.1, -0.05) is 18.2 Å². The van der Waals surface area contributed by atoms with Crippen LogP contribution in [-0.2, 0) is 6.54 Å². The summed E-state index contributed by atoms with van der Waals surface area (Å²) < 4.78 is 6.32. The van der Waals surface area contributed by atoms with Crippen LogP contribution in [0.2, 0.25) is 0 Å². The number of carbonyl (C=O) groups excluding carboxylic acids is 1. The molecule has 0 saturated carbocycles. The van der Waals surface area contributed by atoms with Gasteiger partial charge in [0.05, 0.1) is 0 Å². The van der Waals surface area contributed by atoms with Gasteiger partial charge in [0.15, 0.2) is 0 Å². The molecular weight excluding hydrogens is 370 g/mol. The maximum absolute atomic E-state index is 12.5. The Labute approximate surface area is 169 Å². The number of rotatable bonds is 5. The Morgan fingerprint density at radius 1 is 1.32 bits per heavy atom. The molecule has 4 rings (SSSR count). The highest BCUT2D eigenvalue weighted by atomic mass is 32.1. The minimum absolute atomic E-state index is 0.00102. The Morgan fingerprint density at radius 3 is 2.93 bits per heavy atom. The van der Waals surface area contributed by atoms with Crippen LogP contribution in [0.3, 0.4) is 0 Å². The van der Waals surface area contributed by atoms with E-state index >= 15 is 0 Å². The molecule has 0 unspecified atom stereocenters. The average molecular weight is 396 g/mol. The van der Waals surface area contributed by atoms with E-state index in [0.29, 0.717) is 12.2 Å². The van der Waals surface area contributed by atoms with Crippen molar-refractivity contribution in [2.75, 3.05) is 19.6 Å². The van der Waals surface area contributed by atoms with Crippen LogP contribution in [0.1, 0.15) is 39.0 Å². The fourth-order valence-electron chi connectivity index (χ4n) is 3.66. The zero-order valence-electron chi connectivity index (χ0n) is 16.2. The average Bonchev–Trinajstić information content (AvgIpc) is 3.27. The van der Waals surface area contributed by atoms with Gasteiger partial charge in [-0.25, -0.2) is 0 Å². The summed E-state index contributed by atoms with van der Waals surface area (Å²) in [4.78, 5) is 17.9. The number of fused-ring (bicyclic) bond motifs is 1. The predicted octanol–water partition coefficient (Wildman–Crippen LogP) is 4.06. The van der Waals surface area contributed by atoms with Crippen molar-refractivity contribution in [3.8, 4) is 5.75 Å². The van der Waals surface area contributed by atoms with Crippen LogP contribution in [-0.4, -0.2) is 35.4 Å².